The van der Waals surface area contributed by atoms with Gasteiger partial charge in [0.15, 0.2) is 11.6 Å². The SMILES string of the molecule is C=C(C)C.CN1C(=O)c2cc(F)c(F)c3c(-c4ccc(OC(=O)c5ccc(OCCCCCCOC=O)cc5)cc4)ccc1c23. The average molecular weight is 616 g/mol. The fourth-order valence-electron chi connectivity index (χ4n) is 4.89. The molecular formula is C36H35F2NO6. The summed E-state index contributed by atoms with van der Waals surface area (Å²) < 4.78 is 45.3. The van der Waals surface area contributed by atoms with Crippen molar-refractivity contribution in [3.8, 4) is 22.6 Å². The molecule has 1 aliphatic rings. The molecule has 45 heavy (non-hydrogen) atoms. The fourth-order valence-corrected chi connectivity index (χ4v) is 4.89. The summed E-state index contributed by atoms with van der Waals surface area (Å²) in [6, 6.07) is 17.4. The van der Waals surface area contributed by atoms with Gasteiger partial charge in [0.25, 0.3) is 12.4 Å². The van der Waals surface area contributed by atoms with Crippen LogP contribution in [0.2, 0.25) is 0 Å². The summed E-state index contributed by atoms with van der Waals surface area (Å²) in [6.07, 6.45) is 3.58. The number of unbranched alkanes of at least 4 members (excludes halogenated alkanes) is 3. The van der Waals surface area contributed by atoms with Gasteiger partial charge in [-0.1, -0.05) is 23.8 Å². The minimum Gasteiger partial charge on any atom is -0.494 e. The quantitative estimate of drug-likeness (QED) is 0.0524. The van der Waals surface area contributed by atoms with Crippen molar-refractivity contribution in [2.45, 2.75) is 39.5 Å². The highest BCUT2D eigenvalue weighted by Gasteiger charge is 2.31. The van der Waals surface area contributed by atoms with E-state index in [-0.39, 0.29) is 16.7 Å². The van der Waals surface area contributed by atoms with Crippen molar-refractivity contribution in [1.82, 2.24) is 0 Å². The van der Waals surface area contributed by atoms with E-state index in [4.69, 9.17) is 9.47 Å². The predicted octanol–water partition coefficient (Wildman–Crippen LogP) is 8.29. The first-order chi connectivity index (χ1) is 21.6. The summed E-state index contributed by atoms with van der Waals surface area (Å²) in [5.74, 6) is -2.14. The maximum Gasteiger partial charge on any atom is 0.343 e. The molecule has 9 heteroatoms. The highest BCUT2D eigenvalue weighted by atomic mass is 19.2. The van der Waals surface area contributed by atoms with Gasteiger partial charge in [0.05, 0.1) is 30.0 Å². The van der Waals surface area contributed by atoms with Crippen LogP contribution in [0.1, 0.15) is 60.2 Å². The maximum atomic E-state index is 15.0. The Morgan fingerprint density at radius 1 is 0.844 bits per heavy atom. The lowest BCUT2D eigenvalue weighted by Gasteiger charge is -2.13. The normalized spacial score (nSPS) is 11.6. The smallest absolute Gasteiger partial charge is 0.343 e. The van der Waals surface area contributed by atoms with Crippen LogP contribution in [-0.2, 0) is 9.53 Å². The molecule has 0 spiro atoms. The van der Waals surface area contributed by atoms with Gasteiger partial charge in [0.1, 0.15) is 11.5 Å². The molecule has 4 aromatic rings. The molecule has 0 unspecified atom stereocenters. The Labute approximate surface area is 261 Å². The molecule has 0 bridgehead atoms. The molecule has 0 aliphatic carbocycles. The molecule has 234 valence electrons. The van der Waals surface area contributed by atoms with Crippen molar-refractivity contribution in [3.05, 3.63) is 102 Å². The molecule has 0 saturated heterocycles. The van der Waals surface area contributed by atoms with Crippen molar-refractivity contribution in [2.24, 2.45) is 0 Å². The number of carbonyl (C=O) groups is 3. The maximum absolute atomic E-state index is 15.0. The zero-order valence-electron chi connectivity index (χ0n) is 25.5. The van der Waals surface area contributed by atoms with Gasteiger partial charge in [-0.2, -0.15) is 0 Å². The third-order valence-electron chi connectivity index (χ3n) is 7.01. The standard InChI is InChI=1S/C32H27F2NO6.C4H8/c1-35-27-15-14-24(29-28(27)25(31(35)37)18-26(33)30(29)34)20-6-12-23(13-7-20)41-32(38)21-8-10-22(11-9-21)40-17-5-3-2-4-16-39-19-36;1-4(2)3/h6-15,18-19H,2-5,16-17H2,1H3;1H2,2-3H3. The molecule has 4 aromatic carbocycles. The van der Waals surface area contributed by atoms with E-state index in [2.05, 4.69) is 11.3 Å². The second-order valence-electron chi connectivity index (χ2n) is 10.8. The molecule has 0 saturated carbocycles. The van der Waals surface area contributed by atoms with Gasteiger partial charge in [-0.15, -0.1) is 6.58 Å². The van der Waals surface area contributed by atoms with Crippen LogP contribution in [0.4, 0.5) is 14.5 Å². The third-order valence-corrected chi connectivity index (χ3v) is 7.01. The van der Waals surface area contributed by atoms with Crippen LogP contribution in [0, 0.1) is 11.6 Å². The molecule has 0 N–H and O–H groups in total. The summed E-state index contributed by atoms with van der Waals surface area (Å²) >= 11 is 0. The first-order valence-corrected chi connectivity index (χ1v) is 14.6. The number of carbonyl (C=O) groups excluding carboxylic acids is 3. The number of nitrogens with zero attached hydrogens (tertiary/aromatic N) is 1. The first kappa shape index (κ1) is 32.9. The minimum atomic E-state index is -1.09. The lowest BCUT2D eigenvalue weighted by molar-refractivity contribution is -0.128. The highest BCUT2D eigenvalue weighted by molar-refractivity contribution is 6.26. The van der Waals surface area contributed by atoms with Crippen LogP contribution in [0.25, 0.3) is 21.9 Å². The van der Waals surface area contributed by atoms with Crippen molar-refractivity contribution >= 4 is 34.8 Å². The van der Waals surface area contributed by atoms with Gasteiger partial charge in [0.2, 0.25) is 0 Å². The van der Waals surface area contributed by atoms with Crippen LogP contribution >= 0.6 is 0 Å². The van der Waals surface area contributed by atoms with E-state index < -0.39 is 23.5 Å². The number of esters is 1. The van der Waals surface area contributed by atoms with Crippen LogP contribution in [0.3, 0.4) is 0 Å². The van der Waals surface area contributed by atoms with Gasteiger partial charge in [-0.05, 0) is 99.2 Å². The Balaban J connectivity index is 0.00000109. The molecule has 1 aliphatic heterocycles. The number of hydrogen-bond acceptors (Lipinski definition) is 6. The number of rotatable bonds is 12. The number of halogens is 2. The topological polar surface area (TPSA) is 82.1 Å². The zero-order valence-corrected chi connectivity index (χ0v) is 25.5. The number of anilines is 1. The number of ether oxygens (including phenoxy) is 3. The predicted molar refractivity (Wildman–Crippen MR) is 170 cm³/mol. The molecule has 7 nitrogen and oxygen atoms in total. The minimum absolute atomic E-state index is 0.0337. The van der Waals surface area contributed by atoms with Crippen molar-refractivity contribution < 1.29 is 37.4 Å². The van der Waals surface area contributed by atoms with Crippen LogP contribution < -0.4 is 14.4 Å². The first-order valence-electron chi connectivity index (χ1n) is 14.6. The van der Waals surface area contributed by atoms with Gasteiger partial charge in [-0.3, -0.25) is 9.59 Å². The summed E-state index contributed by atoms with van der Waals surface area (Å²) in [7, 11) is 1.57. The molecule has 0 aromatic heterocycles. The van der Waals surface area contributed by atoms with Gasteiger partial charge in [-0.25, -0.2) is 13.6 Å². The van der Waals surface area contributed by atoms with Gasteiger partial charge < -0.3 is 19.1 Å². The van der Waals surface area contributed by atoms with Crippen molar-refractivity contribution in [1.29, 1.82) is 0 Å². The fraction of sp³-hybridized carbons (Fsp3) is 0.250. The van der Waals surface area contributed by atoms with Crippen LogP contribution in [0.15, 0.2) is 78.9 Å². The molecule has 0 atom stereocenters. The van der Waals surface area contributed by atoms with Gasteiger partial charge >= 0.3 is 5.97 Å². The van der Waals surface area contributed by atoms with E-state index >= 15 is 4.39 Å². The number of hydrogen-bond donors (Lipinski definition) is 0. The summed E-state index contributed by atoms with van der Waals surface area (Å²) in [5, 5.41) is 0.407. The number of amides is 1. The Morgan fingerprint density at radius 2 is 1.47 bits per heavy atom. The highest BCUT2D eigenvalue weighted by Crippen LogP contribution is 2.43. The Hall–Kier alpha value is -5.05. The van der Waals surface area contributed by atoms with Crippen LogP contribution in [0.5, 0.6) is 11.5 Å². The van der Waals surface area contributed by atoms with E-state index in [0.29, 0.717) is 53.2 Å². The van der Waals surface area contributed by atoms with E-state index in [1.54, 1.807) is 67.7 Å². The van der Waals surface area contributed by atoms with Crippen LogP contribution in [-0.4, -0.2) is 38.6 Å². The molecule has 1 heterocycles. The van der Waals surface area contributed by atoms with E-state index in [0.717, 1.165) is 31.7 Å². The second-order valence-corrected chi connectivity index (χ2v) is 10.8. The third kappa shape index (κ3) is 7.92. The Bertz CT molecular complexity index is 1700. The summed E-state index contributed by atoms with van der Waals surface area (Å²) in [4.78, 5) is 36.7. The lowest BCUT2D eigenvalue weighted by atomic mass is 9.95. The second kappa shape index (κ2) is 15.1. The lowest BCUT2D eigenvalue weighted by Crippen LogP contribution is -2.20. The van der Waals surface area contributed by atoms with Crippen molar-refractivity contribution in [2.75, 3.05) is 25.2 Å². The molecule has 0 radical (unpaired) electrons. The Kier molecular flexibility index (Phi) is 11.0. The summed E-state index contributed by atoms with van der Waals surface area (Å²) in [6.45, 7) is 8.92. The van der Waals surface area contributed by atoms with Gasteiger partial charge in [0, 0.05) is 17.8 Å². The molecule has 0 fully saturated rings. The van der Waals surface area contributed by atoms with E-state index in [1.807, 2.05) is 13.8 Å². The van der Waals surface area contributed by atoms with E-state index in [9.17, 15) is 18.8 Å². The molecule has 5 rings (SSSR count). The number of allylic oxidation sites excluding steroid dienone is 1. The largest absolute Gasteiger partial charge is 0.494 e. The number of benzene rings is 4. The molecular weight excluding hydrogens is 580 g/mol. The molecule has 1 amide bonds. The average Bonchev–Trinajstić information content (AvgIpc) is 3.26. The monoisotopic (exact) mass is 615 g/mol. The summed E-state index contributed by atoms with van der Waals surface area (Å²) in [5.41, 5.74) is 3.14. The zero-order chi connectivity index (χ0) is 32.5. The Morgan fingerprint density at radius 3 is 2.11 bits per heavy atom. The van der Waals surface area contributed by atoms with E-state index in [1.165, 1.54) is 10.5 Å². The van der Waals surface area contributed by atoms with Crippen molar-refractivity contribution in [3.63, 3.8) is 0 Å².